The number of hydrogen-bond donors (Lipinski definition) is 0. The van der Waals surface area contributed by atoms with Gasteiger partial charge in [-0.3, -0.25) is 4.79 Å². The van der Waals surface area contributed by atoms with Gasteiger partial charge in [-0.05, 0) is 29.8 Å². The molecule has 1 aromatic carbocycles. The van der Waals surface area contributed by atoms with Crippen molar-refractivity contribution >= 4 is 5.91 Å². The monoisotopic (exact) mass is 328 g/mol. The minimum atomic E-state index is -0.441. The number of nitrogens with zero attached hydrogens (tertiary/aromatic N) is 2. The van der Waals surface area contributed by atoms with Crippen LogP contribution in [0.25, 0.3) is 0 Å². The summed E-state index contributed by atoms with van der Waals surface area (Å²) in [6.45, 7) is 11.1. The smallest absolute Gasteiger partial charge is 0.228 e. The predicted molar refractivity (Wildman–Crippen MR) is 95.0 cm³/mol. The van der Waals surface area contributed by atoms with Gasteiger partial charge in [-0.2, -0.15) is 0 Å². The molecule has 0 N–H and O–H groups in total. The van der Waals surface area contributed by atoms with E-state index in [2.05, 4.69) is 6.58 Å². The molecule has 0 aliphatic rings. The lowest BCUT2D eigenvalue weighted by molar-refractivity contribution is -0.139. The molecule has 0 saturated heterocycles. The van der Waals surface area contributed by atoms with Crippen LogP contribution in [0.5, 0.6) is 0 Å². The summed E-state index contributed by atoms with van der Waals surface area (Å²) < 4.78 is 15.4. The highest BCUT2D eigenvalue weighted by molar-refractivity contribution is 5.81. The Morgan fingerprint density at radius 3 is 2.67 bits per heavy atom. The van der Waals surface area contributed by atoms with Crippen molar-refractivity contribution in [2.45, 2.75) is 33.9 Å². The third kappa shape index (κ3) is 4.57. The number of benzene rings is 1. The molecule has 24 heavy (non-hydrogen) atoms. The normalized spacial score (nSPS) is 11.3. The first kappa shape index (κ1) is 18.0. The van der Waals surface area contributed by atoms with Crippen molar-refractivity contribution in [3.63, 3.8) is 0 Å². The molecule has 128 valence electrons. The van der Waals surface area contributed by atoms with Crippen LogP contribution >= 0.6 is 0 Å². The van der Waals surface area contributed by atoms with Gasteiger partial charge in [-0.25, -0.2) is 4.39 Å². The Morgan fingerprint density at radius 1 is 1.29 bits per heavy atom. The van der Waals surface area contributed by atoms with Crippen LogP contribution in [0.15, 0.2) is 55.3 Å². The van der Waals surface area contributed by atoms with Crippen LogP contribution in [0.1, 0.15) is 32.0 Å². The summed E-state index contributed by atoms with van der Waals surface area (Å²) in [4.78, 5) is 14.4. The second kappa shape index (κ2) is 7.47. The van der Waals surface area contributed by atoms with E-state index in [9.17, 15) is 9.18 Å². The molecule has 3 nitrogen and oxygen atoms in total. The van der Waals surface area contributed by atoms with Gasteiger partial charge in [0.25, 0.3) is 0 Å². The first-order valence-corrected chi connectivity index (χ1v) is 8.10. The molecule has 0 aliphatic heterocycles. The number of aromatic nitrogens is 1. The molecule has 0 saturated carbocycles. The summed E-state index contributed by atoms with van der Waals surface area (Å²) >= 11 is 0. The number of rotatable bonds is 6. The van der Waals surface area contributed by atoms with Gasteiger partial charge in [-0.15, -0.1) is 6.58 Å². The molecule has 1 heterocycles. The van der Waals surface area contributed by atoms with Crippen LogP contribution in [0.3, 0.4) is 0 Å². The zero-order chi connectivity index (χ0) is 17.7. The van der Waals surface area contributed by atoms with Gasteiger partial charge in [0.2, 0.25) is 5.91 Å². The number of halogens is 1. The van der Waals surface area contributed by atoms with E-state index < -0.39 is 5.41 Å². The zero-order valence-corrected chi connectivity index (χ0v) is 14.6. The highest BCUT2D eigenvalue weighted by atomic mass is 19.1. The van der Waals surface area contributed by atoms with Crippen molar-refractivity contribution < 1.29 is 9.18 Å². The van der Waals surface area contributed by atoms with E-state index in [0.29, 0.717) is 19.6 Å². The second-order valence-electron chi connectivity index (χ2n) is 6.98. The van der Waals surface area contributed by atoms with E-state index in [1.54, 1.807) is 17.0 Å². The summed E-state index contributed by atoms with van der Waals surface area (Å²) in [5, 5.41) is 0. The minimum Gasteiger partial charge on any atom is -0.345 e. The minimum absolute atomic E-state index is 0.0842. The number of amides is 1. The average Bonchev–Trinajstić information content (AvgIpc) is 2.92. The summed E-state index contributed by atoms with van der Waals surface area (Å²) in [6.07, 6.45) is 3.69. The Morgan fingerprint density at radius 2 is 2.04 bits per heavy atom. The maximum atomic E-state index is 13.4. The molecule has 0 fully saturated rings. The number of carbonyl (C=O) groups excluding carboxylic acids is 1. The fourth-order valence-electron chi connectivity index (χ4n) is 2.62. The zero-order valence-electron chi connectivity index (χ0n) is 14.6. The van der Waals surface area contributed by atoms with Gasteiger partial charge >= 0.3 is 0 Å². The van der Waals surface area contributed by atoms with E-state index in [1.165, 1.54) is 12.1 Å². The predicted octanol–water partition coefficient (Wildman–Crippen LogP) is 4.24. The molecular formula is C20H25FN2O. The molecule has 0 atom stereocenters. The van der Waals surface area contributed by atoms with Gasteiger partial charge in [0.05, 0.1) is 6.54 Å². The van der Waals surface area contributed by atoms with Crippen molar-refractivity contribution in [1.29, 1.82) is 0 Å². The van der Waals surface area contributed by atoms with Gasteiger partial charge in [-0.1, -0.05) is 39.0 Å². The highest BCUT2D eigenvalue weighted by Gasteiger charge is 2.27. The van der Waals surface area contributed by atoms with Crippen molar-refractivity contribution in [3.05, 3.63) is 72.3 Å². The average molecular weight is 328 g/mol. The van der Waals surface area contributed by atoms with Crippen LogP contribution < -0.4 is 0 Å². The maximum absolute atomic E-state index is 13.4. The molecule has 0 bridgehead atoms. The summed E-state index contributed by atoms with van der Waals surface area (Å²) in [5.41, 5.74) is 1.46. The molecule has 2 aromatic rings. The van der Waals surface area contributed by atoms with E-state index in [4.69, 9.17) is 0 Å². The molecule has 0 spiro atoms. The lowest BCUT2D eigenvalue weighted by Gasteiger charge is -2.29. The molecule has 0 aliphatic carbocycles. The quantitative estimate of drug-likeness (QED) is 0.728. The van der Waals surface area contributed by atoms with Crippen LogP contribution in [0, 0.1) is 11.2 Å². The molecular weight excluding hydrogens is 303 g/mol. The third-order valence-corrected chi connectivity index (χ3v) is 3.80. The third-order valence-electron chi connectivity index (χ3n) is 3.80. The Bertz CT molecular complexity index is 712. The molecule has 1 amide bonds. The van der Waals surface area contributed by atoms with E-state index in [-0.39, 0.29) is 11.7 Å². The first-order chi connectivity index (χ1) is 11.3. The van der Waals surface area contributed by atoms with Crippen LogP contribution in [0.2, 0.25) is 0 Å². The van der Waals surface area contributed by atoms with Crippen LogP contribution in [-0.2, 0) is 17.9 Å². The number of hydrogen-bond acceptors (Lipinski definition) is 1. The van der Waals surface area contributed by atoms with E-state index in [1.807, 2.05) is 49.7 Å². The Labute approximate surface area is 143 Å². The first-order valence-electron chi connectivity index (χ1n) is 8.10. The summed E-state index contributed by atoms with van der Waals surface area (Å²) in [7, 11) is 0. The summed E-state index contributed by atoms with van der Waals surface area (Å²) in [6, 6.07) is 10.5. The van der Waals surface area contributed by atoms with E-state index >= 15 is 0 Å². The highest BCUT2D eigenvalue weighted by Crippen LogP contribution is 2.20. The fourth-order valence-corrected chi connectivity index (χ4v) is 2.62. The molecule has 4 heteroatoms. The lowest BCUT2D eigenvalue weighted by Crippen LogP contribution is -2.39. The molecule has 1 aromatic heterocycles. The molecule has 2 rings (SSSR count). The topological polar surface area (TPSA) is 25.2 Å². The maximum Gasteiger partial charge on any atom is 0.228 e. The van der Waals surface area contributed by atoms with Gasteiger partial charge in [0.15, 0.2) is 0 Å². The van der Waals surface area contributed by atoms with Gasteiger partial charge in [0, 0.05) is 30.4 Å². The van der Waals surface area contributed by atoms with E-state index in [0.717, 1.165) is 11.3 Å². The standard InChI is InChI=1S/C20H25FN2O/c1-5-11-23(19(24)20(2,3)4)15-18-10-7-12-22(18)14-16-8-6-9-17(21)13-16/h5-10,12-13H,1,11,14-15H2,2-4H3. The second-order valence-corrected chi connectivity index (χ2v) is 6.98. The Balaban J connectivity index is 2.19. The van der Waals surface area contributed by atoms with Crippen molar-refractivity contribution in [2.75, 3.05) is 6.54 Å². The van der Waals surface area contributed by atoms with Gasteiger partial charge in [0.1, 0.15) is 5.82 Å². The van der Waals surface area contributed by atoms with Crippen molar-refractivity contribution in [3.8, 4) is 0 Å². The molecule has 0 radical (unpaired) electrons. The summed E-state index contributed by atoms with van der Waals surface area (Å²) in [5.74, 6) is -0.154. The molecule has 0 unspecified atom stereocenters. The lowest BCUT2D eigenvalue weighted by atomic mass is 9.94. The Hall–Kier alpha value is -2.36. The van der Waals surface area contributed by atoms with Crippen molar-refractivity contribution in [1.82, 2.24) is 9.47 Å². The number of carbonyl (C=O) groups is 1. The largest absolute Gasteiger partial charge is 0.345 e. The van der Waals surface area contributed by atoms with Crippen LogP contribution in [-0.4, -0.2) is 21.9 Å². The van der Waals surface area contributed by atoms with Crippen LogP contribution in [0.4, 0.5) is 4.39 Å². The fraction of sp³-hybridized carbons (Fsp3) is 0.350. The SMILES string of the molecule is C=CCN(Cc1cccn1Cc1cccc(F)c1)C(=O)C(C)(C)C. The van der Waals surface area contributed by atoms with Gasteiger partial charge < -0.3 is 9.47 Å². The van der Waals surface area contributed by atoms with Crippen molar-refractivity contribution in [2.24, 2.45) is 5.41 Å². The Kier molecular flexibility index (Phi) is 5.60.